The van der Waals surface area contributed by atoms with E-state index in [4.69, 9.17) is 5.26 Å². The summed E-state index contributed by atoms with van der Waals surface area (Å²) in [6.07, 6.45) is 3.50. The summed E-state index contributed by atoms with van der Waals surface area (Å²) >= 11 is 0. The second kappa shape index (κ2) is 6.27. The van der Waals surface area contributed by atoms with Gasteiger partial charge in [0.05, 0.1) is 11.6 Å². The molecule has 0 bridgehead atoms. The Morgan fingerprint density at radius 3 is 2.60 bits per heavy atom. The van der Waals surface area contributed by atoms with Crippen LogP contribution in [-0.2, 0) is 6.54 Å². The van der Waals surface area contributed by atoms with E-state index in [1.165, 1.54) is 6.07 Å². The first-order chi connectivity index (χ1) is 9.61. The van der Waals surface area contributed by atoms with Crippen LogP contribution in [0.3, 0.4) is 0 Å². The van der Waals surface area contributed by atoms with Gasteiger partial charge in [0, 0.05) is 30.5 Å². The highest BCUT2D eigenvalue weighted by Gasteiger charge is 2.14. The van der Waals surface area contributed by atoms with Gasteiger partial charge in [0.15, 0.2) is 0 Å². The van der Waals surface area contributed by atoms with Gasteiger partial charge in [0.1, 0.15) is 5.82 Å². The number of halogens is 1. The smallest absolute Gasteiger partial charge is 0.129 e. The van der Waals surface area contributed by atoms with Gasteiger partial charge >= 0.3 is 0 Å². The summed E-state index contributed by atoms with van der Waals surface area (Å²) in [7, 11) is 1.95. The van der Waals surface area contributed by atoms with Gasteiger partial charge in [0.25, 0.3) is 0 Å². The number of hydrogen-bond donors (Lipinski definition) is 0. The van der Waals surface area contributed by atoms with Crippen LogP contribution in [0.5, 0.6) is 0 Å². The number of aromatic nitrogens is 1. The molecule has 1 heterocycles. The summed E-state index contributed by atoms with van der Waals surface area (Å²) in [4.78, 5) is 6.05. The van der Waals surface area contributed by atoms with Crippen LogP contribution >= 0.6 is 0 Å². The highest BCUT2D eigenvalue weighted by molar-refractivity contribution is 5.33. The Morgan fingerprint density at radius 1 is 1.30 bits per heavy atom. The molecule has 0 aliphatic rings. The van der Waals surface area contributed by atoms with Crippen molar-refractivity contribution in [3.63, 3.8) is 0 Å². The van der Waals surface area contributed by atoms with Crippen LogP contribution in [-0.4, -0.2) is 16.9 Å². The van der Waals surface area contributed by atoms with Crippen LogP contribution in [0.15, 0.2) is 42.7 Å². The summed E-state index contributed by atoms with van der Waals surface area (Å²) in [6, 6.07) is 10.6. The molecule has 2 aromatic rings. The zero-order valence-corrected chi connectivity index (χ0v) is 11.5. The maximum Gasteiger partial charge on any atom is 0.129 e. The number of nitrogens with zero attached hydrogens (tertiary/aromatic N) is 3. The quantitative estimate of drug-likeness (QED) is 0.855. The molecule has 0 saturated heterocycles. The van der Waals surface area contributed by atoms with Crippen molar-refractivity contribution >= 4 is 0 Å². The molecule has 0 amide bonds. The molecule has 1 aromatic carbocycles. The molecule has 0 spiro atoms. The molecule has 0 saturated carbocycles. The predicted molar refractivity (Wildman–Crippen MR) is 75.2 cm³/mol. The minimum Gasteiger partial charge on any atom is -0.295 e. The third-order valence-corrected chi connectivity index (χ3v) is 3.45. The van der Waals surface area contributed by atoms with Crippen molar-refractivity contribution in [2.24, 2.45) is 0 Å². The van der Waals surface area contributed by atoms with Crippen molar-refractivity contribution in [3.8, 4) is 6.07 Å². The molecule has 0 aliphatic heterocycles. The molecular formula is C16H16FN3. The van der Waals surface area contributed by atoms with E-state index in [9.17, 15) is 4.39 Å². The third kappa shape index (κ3) is 3.19. The highest BCUT2D eigenvalue weighted by Crippen LogP contribution is 2.21. The molecule has 1 aromatic heterocycles. The van der Waals surface area contributed by atoms with Gasteiger partial charge in [-0.2, -0.15) is 5.26 Å². The summed E-state index contributed by atoms with van der Waals surface area (Å²) in [5, 5.41) is 8.74. The number of rotatable bonds is 4. The van der Waals surface area contributed by atoms with E-state index in [2.05, 4.69) is 16.8 Å². The lowest BCUT2D eigenvalue weighted by atomic mass is 10.1. The SMILES string of the molecule is C[C@@H](c1ccncc1)N(C)Cc1ccc(C#N)cc1F. The Kier molecular flexibility index (Phi) is 4.44. The van der Waals surface area contributed by atoms with Crippen LogP contribution in [0, 0.1) is 17.1 Å². The average molecular weight is 269 g/mol. The zero-order valence-electron chi connectivity index (χ0n) is 11.5. The number of pyridine rings is 1. The van der Waals surface area contributed by atoms with Crippen molar-refractivity contribution in [1.29, 1.82) is 5.26 Å². The van der Waals surface area contributed by atoms with Crippen LogP contribution in [0.25, 0.3) is 0 Å². The highest BCUT2D eigenvalue weighted by atomic mass is 19.1. The summed E-state index contributed by atoms with van der Waals surface area (Å²) < 4.78 is 13.9. The fourth-order valence-electron chi connectivity index (χ4n) is 2.05. The normalized spacial score (nSPS) is 12.2. The Labute approximate surface area is 118 Å². The van der Waals surface area contributed by atoms with Gasteiger partial charge in [-0.05, 0) is 43.8 Å². The standard InChI is InChI=1S/C16H16FN3/c1-12(14-5-7-19-8-6-14)20(2)11-15-4-3-13(10-18)9-16(15)17/h3-9,12H,11H2,1-2H3/t12-/m0/s1. The number of benzene rings is 1. The first-order valence-electron chi connectivity index (χ1n) is 6.40. The minimum atomic E-state index is -0.335. The maximum absolute atomic E-state index is 13.9. The van der Waals surface area contributed by atoms with Crippen LogP contribution in [0.4, 0.5) is 4.39 Å². The molecule has 2 rings (SSSR count). The molecule has 1 atom stereocenters. The maximum atomic E-state index is 13.9. The zero-order chi connectivity index (χ0) is 14.5. The second-order valence-corrected chi connectivity index (χ2v) is 4.79. The molecule has 0 N–H and O–H groups in total. The molecule has 4 heteroatoms. The van der Waals surface area contributed by atoms with E-state index in [0.29, 0.717) is 17.7 Å². The van der Waals surface area contributed by atoms with Crippen LogP contribution in [0.2, 0.25) is 0 Å². The Bertz CT molecular complexity index is 619. The van der Waals surface area contributed by atoms with Gasteiger partial charge in [-0.3, -0.25) is 9.88 Å². The lowest BCUT2D eigenvalue weighted by molar-refractivity contribution is 0.249. The monoisotopic (exact) mass is 269 g/mol. The van der Waals surface area contributed by atoms with Crippen LogP contribution in [0.1, 0.15) is 29.7 Å². The molecule has 0 unspecified atom stereocenters. The summed E-state index contributed by atoms with van der Waals surface area (Å²) in [5.41, 5.74) is 2.07. The fourth-order valence-corrected chi connectivity index (χ4v) is 2.05. The van der Waals surface area contributed by atoms with E-state index < -0.39 is 0 Å². The van der Waals surface area contributed by atoms with E-state index in [1.807, 2.05) is 25.2 Å². The molecule has 20 heavy (non-hydrogen) atoms. The Hall–Kier alpha value is -2.25. The minimum absolute atomic E-state index is 0.160. The molecular weight excluding hydrogens is 253 g/mol. The number of hydrogen-bond acceptors (Lipinski definition) is 3. The van der Waals surface area contributed by atoms with Crippen molar-refractivity contribution in [2.45, 2.75) is 19.5 Å². The van der Waals surface area contributed by atoms with E-state index in [1.54, 1.807) is 24.5 Å². The first-order valence-corrected chi connectivity index (χ1v) is 6.40. The van der Waals surface area contributed by atoms with Gasteiger partial charge in [-0.25, -0.2) is 4.39 Å². The Balaban J connectivity index is 2.12. The van der Waals surface area contributed by atoms with Gasteiger partial charge in [0.2, 0.25) is 0 Å². The molecule has 0 radical (unpaired) electrons. The van der Waals surface area contributed by atoms with Crippen molar-refractivity contribution in [3.05, 3.63) is 65.2 Å². The average Bonchev–Trinajstić information content (AvgIpc) is 2.49. The summed E-state index contributed by atoms with van der Waals surface area (Å²) in [5.74, 6) is -0.335. The van der Waals surface area contributed by atoms with Gasteiger partial charge in [-0.15, -0.1) is 0 Å². The predicted octanol–water partition coefficient (Wildman–Crippen LogP) is 3.29. The Morgan fingerprint density at radius 2 is 2.00 bits per heavy atom. The topological polar surface area (TPSA) is 39.9 Å². The largest absolute Gasteiger partial charge is 0.295 e. The molecule has 0 aliphatic carbocycles. The third-order valence-electron chi connectivity index (χ3n) is 3.45. The summed E-state index contributed by atoms with van der Waals surface area (Å²) in [6.45, 7) is 2.55. The van der Waals surface area contributed by atoms with Crippen molar-refractivity contribution < 1.29 is 4.39 Å². The van der Waals surface area contributed by atoms with Crippen molar-refractivity contribution in [1.82, 2.24) is 9.88 Å². The fraction of sp³-hybridized carbons (Fsp3) is 0.250. The van der Waals surface area contributed by atoms with Crippen LogP contribution < -0.4 is 0 Å². The van der Waals surface area contributed by atoms with E-state index in [0.717, 1.165) is 5.56 Å². The van der Waals surface area contributed by atoms with Gasteiger partial charge < -0.3 is 0 Å². The molecule has 102 valence electrons. The molecule has 0 fully saturated rings. The van der Waals surface area contributed by atoms with E-state index >= 15 is 0 Å². The lowest BCUT2D eigenvalue weighted by Gasteiger charge is -2.25. The second-order valence-electron chi connectivity index (χ2n) is 4.79. The first kappa shape index (κ1) is 14.2. The number of nitriles is 1. The van der Waals surface area contributed by atoms with Gasteiger partial charge in [-0.1, -0.05) is 6.07 Å². The lowest BCUT2D eigenvalue weighted by Crippen LogP contribution is -2.22. The van der Waals surface area contributed by atoms with E-state index in [-0.39, 0.29) is 11.9 Å². The van der Waals surface area contributed by atoms with Crippen molar-refractivity contribution in [2.75, 3.05) is 7.05 Å². The molecule has 3 nitrogen and oxygen atoms in total.